The van der Waals surface area contributed by atoms with E-state index in [1.807, 2.05) is 6.08 Å². The van der Waals surface area contributed by atoms with Crippen molar-refractivity contribution in [2.75, 3.05) is 6.61 Å². The second-order valence-electron chi connectivity index (χ2n) is 5.61. The van der Waals surface area contributed by atoms with Crippen LogP contribution in [-0.2, 0) is 9.53 Å². The van der Waals surface area contributed by atoms with Crippen molar-refractivity contribution in [3.8, 4) is 0 Å². The highest BCUT2D eigenvalue weighted by atomic mass is 16.5. The summed E-state index contributed by atoms with van der Waals surface area (Å²) in [5, 5.41) is 0. The standard InChI is InChI=1S/C14H20O2/c15-13-4-3-11(9-13)12-5-8-16-14(10-12)6-1-2-7-14/h9,12H,1-8,10H2. The molecule has 0 N–H and O–H groups in total. The molecule has 0 radical (unpaired) electrons. The lowest BCUT2D eigenvalue weighted by atomic mass is 9.80. The van der Waals surface area contributed by atoms with Crippen LogP contribution in [-0.4, -0.2) is 18.0 Å². The van der Waals surface area contributed by atoms with Gasteiger partial charge in [-0.15, -0.1) is 0 Å². The van der Waals surface area contributed by atoms with Gasteiger partial charge in [-0.2, -0.15) is 0 Å². The van der Waals surface area contributed by atoms with Gasteiger partial charge in [0, 0.05) is 13.0 Å². The highest BCUT2D eigenvalue weighted by Crippen LogP contribution is 2.45. The molecule has 0 amide bonds. The molecule has 1 unspecified atom stereocenters. The van der Waals surface area contributed by atoms with Gasteiger partial charge in [0.1, 0.15) is 0 Å². The first-order valence-electron chi connectivity index (χ1n) is 6.65. The van der Waals surface area contributed by atoms with Gasteiger partial charge < -0.3 is 4.74 Å². The van der Waals surface area contributed by atoms with E-state index in [2.05, 4.69) is 0 Å². The van der Waals surface area contributed by atoms with Crippen LogP contribution in [0.15, 0.2) is 11.6 Å². The molecule has 3 rings (SSSR count). The van der Waals surface area contributed by atoms with Crippen molar-refractivity contribution in [2.45, 2.75) is 57.0 Å². The van der Waals surface area contributed by atoms with E-state index in [1.54, 1.807) is 0 Å². The fraction of sp³-hybridized carbons (Fsp3) is 0.786. The Balaban J connectivity index is 1.72. The van der Waals surface area contributed by atoms with Gasteiger partial charge in [0.25, 0.3) is 0 Å². The zero-order valence-corrected chi connectivity index (χ0v) is 9.84. The van der Waals surface area contributed by atoms with E-state index in [1.165, 1.54) is 37.7 Å². The van der Waals surface area contributed by atoms with Gasteiger partial charge in [-0.3, -0.25) is 4.79 Å². The van der Waals surface area contributed by atoms with E-state index < -0.39 is 0 Å². The molecule has 1 aliphatic heterocycles. The van der Waals surface area contributed by atoms with Crippen LogP contribution in [0.5, 0.6) is 0 Å². The Bertz CT molecular complexity index is 324. The maximum Gasteiger partial charge on any atom is 0.155 e. The molecule has 1 atom stereocenters. The second kappa shape index (κ2) is 3.99. The predicted molar refractivity (Wildman–Crippen MR) is 62.2 cm³/mol. The number of ether oxygens (including phenoxy) is 1. The van der Waals surface area contributed by atoms with Crippen LogP contribution in [0.3, 0.4) is 0 Å². The average Bonchev–Trinajstić information content (AvgIpc) is 2.89. The lowest BCUT2D eigenvalue weighted by Gasteiger charge is -2.39. The summed E-state index contributed by atoms with van der Waals surface area (Å²) in [6.45, 7) is 0.899. The fourth-order valence-corrected chi connectivity index (χ4v) is 3.65. The molecule has 1 saturated carbocycles. The Hall–Kier alpha value is -0.630. The summed E-state index contributed by atoms with van der Waals surface area (Å²) in [6, 6.07) is 0. The lowest BCUT2D eigenvalue weighted by molar-refractivity contribution is -0.114. The Kier molecular flexibility index (Phi) is 2.62. The summed E-state index contributed by atoms with van der Waals surface area (Å²) < 4.78 is 6.03. The van der Waals surface area contributed by atoms with E-state index >= 15 is 0 Å². The minimum absolute atomic E-state index is 0.190. The largest absolute Gasteiger partial charge is 0.375 e. The third kappa shape index (κ3) is 1.84. The van der Waals surface area contributed by atoms with Crippen molar-refractivity contribution in [1.29, 1.82) is 0 Å². The summed E-state index contributed by atoms with van der Waals surface area (Å²) in [6.07, 6.45) is 11.1. The smallest absolute Gasteiger partial charge is 0.155 e. The Morgan fingerprint density at radius 1 is 1.25 bits per heavy atom. The Morgan fingerprint density at radius 2 is 2.06 bits per heavy atom. The maximum atomic E-state index is 11.3. The molecule has 2 fully saturated rings. The van der Waals surface area contributed by atoms with Crippen molar-refractivity contribution in [2.24, 2.45) is 5.92 Å². The van der Waals surface area contributed by atoms with Crippen LogP contribution in [0, 0.1) is 5.92 Å². The summed E-state index contributed by atoms with van der Waals surface area (Å²) in [4.78, 5) is 11.3. The van der Waals surface area contributed by atoms with Crippen LogP contribution < -0.4 is 0 Å². The van der Waals surface area contributed by atoms with E-state index in [0.717, 1.165) is 25.9 Å². The predicted octanol–water partition coefficient (Wildman–Crippen LogP) is 3.02. The van der Waals surface area contributed by atoms with Gasteiger partial charge in [-0.25, -0.2) is 0 Å². The van der Waals surface area contributed by atoms with Gasteiger partial charge in [0.05, 0.1) is 5.60 Å². The molecule has 88 valence electrons. The first-order valence-corrected chi connectivity index (χ1v) is 6.65. The molecule has 0 aromatic heterocycles. The molecule has 2 nitrogen and oxygen atoms in total. The molecule has 3 aliphatic rings. The summed E-state index contributed by atoms with van der Waals surface area (Å²) in [5.74, 6) is 0.972. The van der Waals surface area contributed by atoms with Crippen LogP contribution in [0.1, 0.15) is 51.4 Å². The van der Waals surface area contributed by atoms with Crippen LogP contribution in [0.25, 0.3) is 0 Å². The first-order chi connectivity index (χ1) is 7.77. The zero-order valence-electron chi connectivity index (χ0n) is 9.84. The van der Waals surface area contributed by atoms with Gasteiger partial charge in [-0.05, 0) is 44.1 Å². The number of allylic oxidation sites excluding steroid dienone is 2. The van der Waals surface area contributed by atoms with Crippen LogP contribution in [0.4, 0.5) is 0 Å². The van der Waals surface area contributed by atoms with Crippen LogP contribution >= 0.6 is 0 Å². The van der Waals surface area contributed by atoms with Crippen molar-refractivity contribution >= 4 is 5.78 Å². The van der Waals surface area contributed by atoms with Gasteiger partial charge >= 0.3 is 0 Å². The first kappa shape index (κ1) is 10.5. The van der Waals surface area contributed by atoms with Crippen molar-refractivity contribution in [1.82, 2.24) is 0 Å². The number of hydrogen-bond donors (Lipinski definition) is 0. The van der Waals surface area contributed by atoms with E-state index in [-0.39, 0.29) is 5.60 Å². The lowest BCUT2D eigenvalue weighted by Crippen LogP contribution is -2.37. The Morgan fingerprint density at radius 3 is 2.75 bits per heavy atom. The molecule has 16 heavy (non-hydrogen) atoms. The fourth-order valence-electron chi connectivity index (χ4n) is 3.65. The molecule has 2 aliphatic carbocycles. The molecule has 1 spiro atoms. The molecule has 0 aromatic rings. The minimum atomic E-state index is 0.190. The number of hydrogen-bond acceptors (Lipinski definition) is 2. The third-order valence-electron chi connectivity index (χ3n) is 4.54. The summed E-state index contributed by atoms with van der Waals surface area (Å²) >= 11 is 0. The molecular weight excluding hydrogens is 200 g/mol. The number of rotatable bonds is 1. The quantitative estimate of drug-likeness (QED) is 0.679. The monoisotopic (exact) mass is 220 g/mol. The second-order valence-corrected chi connectivity index (χ2v) is 5.61. The summed E-state index contributed by atoms with van der Waals surface area (Å²) in [7, 11) is 0. The third-order valence-corrected chi connectivity index (χ3v) is 4.54. The van der Waals surface area contributed by atoms with Crippen molar-refractivity contribution in [3.05, 3.63) is 11.6 Å². The molecule has 1 heterocycles. The highest BCUT2D eigenvalue weighted by molar-refractivity contribution is 5.93. The topological polar surface area (TPSA) is 26.3 Å². The minimum Gasteiger partial charge on any atom is -0.375 e. The van der Waals surface area contributed by atoms with Crippen molar-refractivity contribution in [3.63, 3.8) is 0 Å². The molecular formula is C14H20O2. The van der Waals surface area contributed by atoms with E-state index in [4.69, 9.17) is 4.74 Å². The van der Waals surface area contributed by atoms with Gasteiger partial charge in [0.15, 0.2) is 5.78 Å². The number of carbonyl (C=O) groups is 1. The average molecular weight is 220 g/mol. The van der Waals surface area contributed by atoms with Crippen LogP contribution in [0.2, 0.25) is 0 Å². The zero-order chi connectivity index (χ0) is 11.0. The number of ketones is 1. The maximum absolute atomic E-state index is 11.3. The van der Waals surface area contributed by atoms with Crippen molar-refractivity contribution < 1.29 is 9.53 Å². The SMILES string of the molecule is O=C1C=C(C2CCOC3(CCCC3)C2)CC1. The molecule has 1 saturated heterocycles. The molecule has 0 bridgehead atoms. The highest BCUT2D eigenvalue weighted by Gasteiger charge is 2.41. The van der Waals surface area contributed by atoms with Gasteiger partial charge in [0.2, 0.25) is 0 Å². The van der Waals surface area contributed by atoms with E-state index in [0.29, 0.717) is 11.7 Å². The Labute approximate surface area is 97.1 Å². The summed E-state index contributed by atoms with van der Waals surface area (Å²) in [5.41, 5.74) is 1.61. The van der Waals surface area contributed by atoms with Gasteiger partial charge in [-0.1, -0.05) is 18.4 Å². The number of carbonyl (C=O) groups excluding carboxylic acids is 1. The molecule has 2 heteroatoms. The molecule has 0 aromatic carbocycles. The van der Waals surface area contributed by atoms with E-state index in [9.17, 15) is 4.79 Å². The normalized spacial score (nSPS) is 33.4.